The molecule has 0 saturated carbocycles. The van der Waals surface area contributed by atoms with Crippen molar-refractivity contribution in [2.24, 2.45) is 0 Å². The fraction of sp³-hybridized carbons (Fsp3) is 0.158. The summed E-state index contributed by atoms with van der Waals surface area (Å²) in [7, 11) is -2.71. The Morgan fingerprint density at radius 1 is 1.15 bits per heavy atom. The first-order chi connectivity index (χ1) is 12.9. The molecular formula is C19H16N2O5S. The fourth-order valence-electron chi connectivity index (χ4n) is 3.23. The second kappa shape index (κ2) is 6.33. The third kappa shape index (κ3) is 2.83. The maximum atomic E-state index is 12.8. The number of hydrogen-bond acceptors (Lipinski definition) is 5. The Morgan fingerprint density at radius 3 is 2.67 bits per heavy atom. The van der Waals surface area contributed by atoms with Gasteiger partial charge in [-0.3, -0.25) is 9.59 Å². The molecule has 2 heterocycles. The quantitative estimate of drug-likeness (QED) is 0.792. The number of amides is 1. The maximum absolute atomic E-state index is 12.8. The van der Waals surface area contributed by atoms with E-state index in [4.69, 9.17) is 4.74 Å². The highest BCUT2D eigenvalue weighted by molar-refractivity contribution is 7.89. The molecule has 7 nitrogen and oxygen atoms in total. The average Bonchev–Trinajstić information content (AvgIpc) is 2.67. The van der Waals surface area contributed by atoms with E-state index in [-0.39, 0.29) is 10.5 Å². The third-order valence-corrected chi connectivity index (χ3v) is 6.52. The van der Waals surface area contributed by atoms with Gasteiger partial charge in [0, 0.05) is 24.6 Å². The Labute approximate surface area is 156 Å². The van der Waals surface area contributed by atoms with Gasteiger partial charge in [-0.25, -0.2) is 8.42 Å². The second-order valence-corrected chi connectivity index (χ2v) is 8.28. The van der Waals surface area contributed by atoms with Crippen molar-refractivity contribution < 1.29 is 22.7 Å². The third-order valence-electron chi connectivity index (χ3n) is 4.64. The van der Waals surface area contributed by atoms with Gasteiger partial charge < -0.3 is 10.1 Å². The lowest BCUT2D eigenvalue weighted by molar-refractivity contribution is -0.122. The molecule has 0 aromatic heterocycles. The molecule has 27 heavy (non-hydrogen) atoms. The summed E-state index contributed by atoms with van der Waals surface area (Å²) in [5.41, 5.74) is 1.36. The molecule has 1 atom stereocenters. The van der Waals surface area contributed by atoms with Crippen LogP contribution in [-0.4, -0.2) is 37.5 Å². The highest BCUT2D eigenvalue weighted by Crippen LogP contribution is 2.29. The first-order valence-corrected chi connectivity index (χ1v) is 9.69. The molecule has 2 aliphatic rings. The largest absolute Gasteiger partial charge is 0.463 e. The number of nitrogens with zero attached hydrogens (tertiary/aromatic N) is 1. The van der Waals surface area contributed by atoms with Crippen LogP contribution in [0, 0.1) is 0 Å². The van der Waals surface area contributed by atoms with Crippen LogP contribution in [-0.2, 0) is 21.2 Å². The van der Waals surface area contributed by atoms with E-state index in [2.05, 4.69) is 5.32 Å². The molecule has 1 N–H and O–H groups in total. The summed E-state index contributed by atoms with van der Waals surface area (Å²) in [6.07, 6.45) is 1.81. The number of carbonyl (C=O) groups excluding carboxylic acids is 2. The van der Waals surface area contributed by atoms with E-state index in [0.29, 0.717) is 17.9 Å². The first kappa shape index (κ1) is 17.4. The van der Waals surface area contributed by atoms with E-state index < -0.39 is 27.8 Å². The van der Waals surface area contributed by atoms with Gasteiger partial charge in [0.1, 0.15) is 12.0 Å². The summed E-state index contributed by atoms with van der Waals surface area (Å²) >= 11 is 0. The number of benzene rings is 2. The summed E-state index contributed by atoms with van der Waals surface area (Å²) in [5.74, 6) is -0.578. The van der Waals surface area contributed by atoms with E-state index in [9.17, 15) is 18.0 Å². The molecule has 0 fully saturated rings. The van der Waals surface area contributed by atoms with Crippen LogP contribution in [0.5, 0.6) is 5.75 Å². The van der Waals surface area contributed by atoms with E-state index in [1.807, 2.05) is 24.3 Å². The number of Topliss-reactive ketones (excluding diaryl/α,β-unsaturated/α-hetero) is 1. The van der Waals surface area contributed by atoms with Gasteiger partial charge in [0.15, 0.2) is 11.8 Å². The Bertz CT molecular complexity index is 1090. The van der Waals surface area contributed by atoms with Crippen molar-refractivity contribution in [2.45, 2.75) is 17.4 Å². The van der Waals surface area contributed by atoms with E-state index >= 15 is 0 Å². The SMILES string of the molecule is CN1C(C(=O)NC2=COc3ccccc3C2)C(=O)c2ccccc2S1(=O)=O. The summed E-state index contributed by atoms with van der Waals surface area (Å²) in [6.45, 7) is 0. The van der Waals surface area contributed by atoms with Gasteiger partial charge in [-0.05, 0) is 18.2 Å². The van der Waals surface area contributed by atoms with E-state index in [1.54, 1.807) is 12.1 Å². The molecular weight excluding hydrogens is 368 g/mol. The monoisotopic (exact) mass is 384 g/mol. The number of rotatable bonds is 2. The Morgan fingerprint density at radius 2 is 1.85 bits per heavy atom. The Balaban J connectivity index is 1.61. The van der Waals surface area contributed by atoms with Crippen molar-refractivity contribution in [3.8, 4) is 5.75 Å². The number of para-hydroxylation sites is 1. The van der Waals surface area contributed by atoms with Crippen LogP contribution in [0.25, 0.3) is 0 Å². The molecule has 2 aromatic rings. The molecule has 8 heteroatoms. The second-order valence-electron chi connectivity index (χ2n) is 6.32. The van der Waals surface area contributed by atoms with Gasteiger partial charge >= 0.3 is 0 Å². The fourth-order valence-corrected chi connectivity index (χ4v) is 4.71. The minimum Gasteiger partial charge on any atom is -0.463 e. The topological polar surface area (TPSA) is 92.8 Å². The molecule has 0 bridgehead atoms. The number of hydrogen-bond donors (Lipinski definition) is 1. The molecule has 2 aromatic carbocycles. The number of likely N-dealkylation sites (N-methyl/N-ethyl adjacent to an activating group) is 1. The summed E-state index contributed by atoms with van der Waals surface area (Å²) in [6, 6.07) is 11.8. The highest BCUT2D eigenvalue weighted by atomic mass is 32.2. The maximum Gasteiger partial charge on any atom is 0.250 e. The Hall–Kier alpha value is -2.97. The molecule has 2 aliphatic heterocycles. The number of carbonyl (C=O) groups is 2. The summed E-state index contributed by atoms with van der Waals surface area (Å²) in [4.78, 5) is 25.5. The minimum absolute atomic E-state index is 0.0231. The van der Waals surface area contributed by atoms with Gasteiger partial charge in [0.05, 0.1) is 10.6 Å². The van der Waals surface area contributed by atoms with Crippen LogP contribution in [0.3, 0.4) is 0 Å². The standard InChI is InChI=1S/C19H16N2O5S/c1-21-17(18(22)14-7-3-5-9-16(14)27(21,24)25)19(23)20-13-10-12-6-2-4-8-15(12)26-11-13/h2-9,11,17H,10H2,1H3,(H,20,23). The van der Waals surface area contributed by atoms with Crippen LogP contribution in [0.15, 0.2) is 65.4 Å². The number of ketones is 1. The van der Waals surface area contributed by atoms with Crippen LogP contribution >= 0.6 is 0 Å². The molecule has 0 aliphatic carbocycles. The smallest absolute Gasteiger partial charge is 0.250 e. The normalized spacial score (nSPS) is 20.7. The highest BCUT2D eigenvalue weighted by Gasteiger charge is 2.45. The average molecular weight is 384 g/mol. The lowest BCUT2D eigenvalue weighted by Gasteiger charge is -2.31. The van der Waals surface area contributed by atoms with E-state index in [1.165, 1.54) is 25.4 Å². The first-order valence-electron chi connectivity index (χ1n) is 8.25. The van der Waals surface area contributed by atoms with Crippen LogP contribution in [0.1, 0.15) is 15.9 Å². The zero-order valence-corrected chi connectivity index (χ0v) is 15.2. The zero-order chi connectivity index (χ0) is 19.2. The van der Waals surface area contributed by atoms with Gasteiger partial charge in [-0.15, -0.1) is 0 Å². The lowest BCUT2D eigenvalue weighted by atomic mass is 10.0. The minimum atomic E-state index is -3.94. The molecule has 1 amide bonds. The predicted octanol–water partition coefficient (Wildman–Crippen LogP) is 1.46. The number of fused-ring (bicyclic) bond motifs is 2. The predicted molar refractivity (Wildman–Crippen MR) is 96.5 cm³/mol. The van der Waals surface area contributed by atoms with Gasteiger partial charge in [0.25, 0.3) is 5.91 Å². The summed E-state index contributed by atoms with van der Waals surface area (Å²) in [5, 5.41) is 2.63. The number of ether oxygens (including phenoxy) is 1. The number of nitrogens with one attached hydrogen (secondary N) is 1. The van der Waals surface area contributed by atoms with Gasteiger partial charge in [0.2, 0.25) is 10.0 Å². The number of allylic oxidation sites excluding steroid dienone is 1. The molecule has 0 radical (unpaired) electrons. The lowest BCUT2D eigenvalue weighted by Crippen LogP contribution is -2.55. The molecule has 138 valence electrons. The molecule has 4 rings (SSSR count). The van der Waals surface area contributed by atoms with Crippen molar-refractivity contribution in [1.29, 1.82) is 0 Å². The molecule has 1 unspecified atom stereocenters. The summed E-state index contributed by atoms with van der Waals surface area (Å²) < 4.78 is 31.6. The van der Waals surface area contributed by atoms with Crippen LogP contribution in [0.4, 0.5) is 0 Å². The zero-order valence-electron chi connectivity index (χ0n) is 14.4. The van der Waals surface area contributed by atoms with Crippen molar-refractivity contribution in [1.82, 2.24) is 9.62 Å². The van der Waals surface area contributed by atoms with Crippen molar-refractivity contribution in [3.63, 3.8) is 0 Å². The molecule has 0 saturated heterocycles. The number of sulfonamides is 1. The van der Waals surface area contributed by atoms with Crippen molar-refractivity contribution >= 4 is 21.7 Å². The van der Waals surface area contributed by atoms with Crippen molar-refractivity contribution in [3.05, 3.63) is 71.6 Å². The van der Waals surface area contributed by atoms with Crippen molar-refractivity contribution in [2.75, 3.05) is 7.05 Å². The van der Waals surface area contributed by atoms with Gasteiger partial charge in [-0.2, -0.15) is 4.31 Å². The van der Waals surface area contributed by atoms with E-state index in [0.717, 1.165) is 9.87 Å². The van der Waals surface area contributed by atoms with Gasteiger partial charge in [-0.1, -0.05) is 30.3 Å². The van der Waals surface area contributed by atoms with Crippen LogP contribution in [0.2, 0.25) is 0 Å². The van der Waals surface area contributed by atoms with Crippen LogP contribution < -0.4 is 10.1 Å². The molecule has 0 spiro atoms. The Kier molecular flexibility index (Phi) is 4.09.